The van der Waals surface area contributed by atoms with E-state index in [2.05, 4.69) is 11.4 Å². The summed E-state index contributed by atoms with van der Waals surface area (Å²) in [5, 5.41) is 12.0. The fourth-order valence-corrected chi connectivity index (χ4v) is 2.02. The lowest BCUT2D eigenvalue weighted by Gasteiger charge is -2.07. The van der Waals surface area contributed by atoms with E-state index in [-0.39, 0.29) is 5.91 Å². The Morgan fingerprint density at radius 2 is 2.10 bits per heavy atom. The number of nitrogen functional groups attached to an aromatic ring is 1. The van der Waals surface area contributed by atoms with E-state index < -0.39 is 0 Å². The molecular formula is C15H12ClN3O. The average Bonchev–Trinajstić information content (AvgIpc) is 2.44. The maximum Gasteiger partial charge on any atom is 0.251 e. The molecule has 20 heavy (non-hydrogen) atoms. The summed E-state index contributed by atoms with van der Waals surface area (Å²) in [5.74, 6) is -0.262. The predicted octanol–water partition coefficient (Wildman–Crippen LogP) is 2.72. The van der Waals surface area contributed by atoms with Gasteiger partial charge < -0.3 is 11.1 Å². The minimum absolute atomic E-state index is 0.262. The third kappa shape index (κ3) is 3.50. The molecule has 0 aliphatic heterocycles. The van der Waals surface area contributed by atoms with Crippen LogP contribution in [0.3, 0.4) is 0 Å². The summed E-state index contributed by atoms with van der Waals surface area (Å²) in [5.41, 5.74) is 7.90. The van der Waals surface area contributed by atoms with Crippen molar-refractivity contribution in [3.63, 3.8) is 0 Å². The SMILES string of the molecule is N#Cc1cccc(CNC(=O)c2cc(N)cc(Cl)c2)c1. The molecule has 0 spiro atoms. The van der Waals surface area contributed by atoms with Gasteiger partial charge in [-0.3, -0.25) is 4.79 Å². The van der Waals surface area contributed by atoms with E-state index in [0.717, 1.165) is 5.56 Å². The van der Waals surface area contributed by atoms with Gasteiger partial charge in [-0.15, -0.1) is 0 Å². The van der Waals surface area contributed by atoms with Gasteiger partial charge in [-0.05, 0) is 35.9 Å². The number of benzene rings is 2. The zero-order chi connectivity index (χ0) is 14.5. The Hall–Kier alpha value is -2.51. The number of carbonyl (C=O) groups is 1. The van der Waals surface area contributed by atoms with Crippen LogP contribution in [0.1, 0.15) is 21.5 Å². The second-order valence-corrected chi connectivity index (χ2v) is 4.70. The van der Waals surface area contributed by atoms with E-state index in [1.165, 1.54) is 0 Å². The highest BCUT2D eigenvalue weighted by Gasteiger charge is 2.07. The van der Waals surface area contributed by atoms with E-state index in [1.54, 1.807) is 36.4 Å². The van der Waals surface area contributed by atoms with E-state index in [1.807, 2.05) is 6.07 Å². The highest BCUT2D eigenvalue weighted by molar-refractivity contribution is 6.31. The number of hydrogen-bond donors (Lipinski definition) is 2. The van der Waals surface area contributed by atoms with E-state index in [9.17, 15) is 4.79 Å². The Morgan fingerprint density at radius 3 is 2.80 bits per heavy atom. The van der Waals surface area contributed by atoms with Crippen molar-refractivity contribution in [3.8, 4) is 6.07 Å². The molecule has 2 aromatic rings. The number of amides is 1. The average molecular weight is 286 g/mol. The fraction of sp³-hybridized carbons (Fsp3) is 0.0667. The largest absolute Gasteiger partial charge is 0.399 e. The Kier molecular flexibility index (Phi) is 4.24. The number of rotatable bonds is 3. The van der Waals surface area contributed by atoms with Gasteiger partial charge in [0, 0.05) is 22.8 Å². The highest BCUT2D eigenvalue weighted by atomic mass is 35.5. The molecule has 100 valence electrons. The van der Waals surface area contributed by atoms with Crippen LogP contribution in [0.25, 0.3) is 0 Å². The molecule has 4 nitrogen and oxygen atoms in total. The molecule has 1 amide bonds. The second kappa shape index (κ2) is 6.09. The molecule has 3 N–H and O–H groups in total. The maximum atomic E-state index is 12.0. The van der Waals surface area contributed by atoms with Gasteiger partial charge in [0.15, 0.2) is 0 Å². The quantitative estimate of drug-likeness (QED) is 0.851. The number of nitrogens with zero attached hydrogens (tertiary/aromatic N) is 1. The van der Waals surface area contributed by atoms with Crippen LogP contribution in [0.15, 0.2) is 42.5 Å². The Morgan fingerprint density at radius 1 is 1.30 bits per heavy atom. The van der Waals surface area contributed by atoms with Crippen molar-refractivity contribution in [2.75, 3.05) is 5.73 Å². The van der Waals surface area contributed by atoms with Crippen LogP contribution in [0.2, 0.25) is 5.02 Å². The fourth-order valence-electron chi connectivity index (χ4n) is 1.78. The summed E-state index contributed by atoms with van der Waals surface area (Å²) < 4.78 is 0. The molecule has 5 heteroatoms. The van der Waals surface area contributed by atoms with Gasteiger partial charge in [-0.2, -0.15) is 5.26 Å². The summed E-state index contributed by atoms with van der Waals surface area (Å²) in [6, 6.07) is 13.8. The number of carbonyl (C=O) groups excluding carboxylic acids is 1. The van der Waals surface area contributed by atoms with Crippen molar-refractivity contribution in [1.29, 1.82) is 5.26 Å². The van der Waals surface area contributed by atoms with Crippen molar-refractivity contribution in [2.24, 2.45) is 0 Å². The normalized spacial score (nSPS) is 9.80. The second-order valence-electron chi connectivity index (χ2n) is 4.27. The van der Waals surface area contributed by atoms with Crippen molar-refractivity contribution < 1.29 is 4.79 Å². The van der Waals surface area contributed by atoms with E-state index in [4.69, 9.17) is 22.6 Å². The number of halogens is 1. The molecule has 0 aliphatic rings. The first kappa shape index (κ1) is 13.9. The van der Waals surface area contributed by atoms with Crippen molar-refractivity contribution in [3.05, 3.63) is 64.2 Å². The van der Waals surface area contributed by atoms with E-state index in [0.29, 0.717) is 28.4 Å². The number of hydrogen-bond acceptors (Lipinski definition) is 3. The Balaban J connectivity index is 2.06. The summed E-state index contributed by atoms with van der Waals surface area (Å²) in [6.07, 6.45) is 0. The maximum absolute atomic E-state index is 12.0. The first-order chi connectivity index (χ1) is 9.58. The Bertz CT molecular complexity index is 672. The molecule has 2 aromatic carbocycles. The van der Waals surface area contributed by atoms with Crippen LogP contribution in [-0.2, 0) is 6.54 Å². The molecule has 0 atom stereocenters. The smallest absolute Gasteiger partial charge is 0.251 e. The zero-order valence-corrected chi connectivity index (χ0v) is 11.3. The predicted molar refractivity (Wildman–Crippen MR) is 78.2 cm³/mol. The minimum Gasteiger partial charge on any atom is -0.399 e. The summed E-state index contributed by atoms with van der Waals surface area (Å²) >= 11 is 5.85. The van der Waals surface area contributed by atoms with Gasteiger partial charge in [0.05, 0.1) is 11.6 Å². The molecule has 0 fully saturated rings. The van der Waals surface area contributed by atoms with Gasteiger partial charge >= 0.3 is 0 Å². The van der Waals surface area contributed by atoms with Gasteiger partial charge in [0.1, 0.15) is 0 Å². The monoisotopic (exact) mass is 285 g/mol. The van der Waals surface area contributed by atoms with Crippen molar-refractivity contribution in [2.45, 2.75) is 6.54 Å². The third-order valence-corrected chi connectivity index (χ3v) is 2.91. The number of nitriles is 1. The highest BCUT2D eigenvalue weighted by Crippen LogP contribution is 2.16. The summed E-state index contributed by atoms with van der Waals surface area (Å²) in [7, 11) is 0. The van der Waals surface area contributed by atoms with Gasteiger partial charge in [-0.1, -0.05) is 23.7 Å². The van der Waals surface area contributed by atoms with E-state index >= 15 is 0 Å². The molecular weight excluding hydrogens is 274 g/mol. The van der Waals surface area contributed by atoms with Crippen LogP contribution in [0.4, 0.5) is 5.69 Å². The third-order valence-electron chi connectivity index (χ3n) is 2.69. The lowest BCUT2D eigenvalue weighted by molar-refractivity contribution is 0.0951. The molecule has 2 rings (SSSR count). The number of anilines is 1. The molecule has 0 saturated heterocycles. The molecule has 0 bridgehead atoms. The lowest BCUT2D eigenvalue weighted by Crippen LogP contribution is -2.22. The Labute approximate surface area is 121 Å². The number of nitrogens with one attached hydrogen (secondary N) is 1. The molecule has 0 saturated carbocycles. The first-order valence-corrected chi connectivity index (χ1v) is 6.29. The van der Waals surface area contributed by atoms with Crippen LogP contribution in [-0.4, -0.2) is 5.91 Å². The topological polar surface area (TPSA) is 78.9 Å². The molecule has 0 radical (unpaired) electrons. The van der Waals surface area contributed by atoms with Gasteiger partial charge in [-0.25, -0.2) is 0 Å². The van der Waals surface area contributed by atoms with Crippen molar-refractivity contribution in [1.82, 2.24) is 5.32 Å². The molecule has 0 unspecified atom stereocenters. The zero-order valence-electron chi connectivity index (χ0n) is 10.6. The standard InChI is InChI=1S/C15H12ClN3O/c16-13-5-12(6-14(18)7-13)15(20)19-9-11-3-1-2-10(4-11)8-17/h1-7H,9,18H2,(H,19,20). The van der Waals surface area contributed by atoms with Crippen LogP contribution in [0.5, 0.6) is 0 Å². The summed E-state index contributed by atoms with van der Waals surface area (Å²) in [4.78, 5) is 12.0. The first-order valence-electron chi connectivity index (χ1n) is 5.92. The van der Waals surface area contributed by atoms with Crippen LogP contribution in [0, 0.1) is 11.3 Å². The molecule has 0 aliphatic carbocycles. The van der Waals surface area contributed by atoms with Crippen LogP contribution >= 0.6 is 11.6 Å². The minimum atomic E-state index is -0.262. The van der Waals surface area contributed by atoms with Gasteiger partial charge in [0.2, 0.25) is 0 Å². The number of nitrogens with two attached hydrogens (primary N) is 1. The lowest BCUT2D eigenvalue weighted by atomic mass is 10.1. The summed E-state index contributed by atoms with van der Waals surface area (Å²) in [6.45, 7) is 0.334. The molecule has 0 heterocycles. The van der Waals surface area contributed by atoms with Crippen molar-refractivity contribution >= 4 is 23.2 Å². The van der Waals surface area contributed by atoms with Gasteiger partial charge in [0.25, 0.3) is 5.91 Å². The van der Waals surface area contributed by atoms with Crippen LogP contribution < -0.4 is 11.1 Å². The molecule has 0 aromatic heterocycles.